The third-order valence-electron chi connectivity index (χ3n) is 6.45. The summed E-state index contributed by atoms with van der Waals surface area (Å²) in [6, 6.07) is 0. The molecule has 0 rings (SSSR count). The average Bonchev–Trinajstić information content (AvgIpc) is 2.75. The lowest BCUT2D eigenvalue weighted by Crippen LogP contribution is -2.20. The Labute approximate surface area is 192 Å². The Balaban J connectivity index is 3.18. The third kappa shape index (κ3) is 25.7. The second-order valence-corrected chi connectivity index (χ2v) is 9.72. The quantitative estimate of drug-likeness (QED) is 0.105. The van der Waals surface area contributed by atoms with E-state index >= 15 is 0 Å². The summed E-state index contributed by atoms with van der Waals surface area (Å²) in [7, 11) is 2.32. The van der Waals surface area contributed by atoms with Gasteiger partial charge in [0.05, 0.1) is 0 Å². The Morgan fingerprint density at radius 1 is 0.400 bits per heavy atom. The SMILES string of the molecule is CCCCCCCC/C=C\CCCCCCCCN(C)CCCCCCCCCC. The number of nitrogens with zero attached hydrogens (tertiary/aromatic N) is 1. The molecule has 0 aliphatic rings. The van der Waals surface area contributed by atoms with Crippen LogP contribution in [0.25, 0.3) is 0 Å². The van der Waals surface area contributed by atoms with E-state index in [-0.39, 0.29) is 0 Å². The zero-order chi connectivity index (χ0) is 22.0. The fourth-order valence-corrected chi connectivity index (χ4v) is 4.26. The highest BCUT2D eigenvalue weighted by Gasteiger charge is 1.99. The van der Waals surface area contributed by atoms with E-state index in [1.807, 2.05) is 0 Å². The minimum absolute atomic E-state index is 1.30. The molecule has 1 nitrogen and oxygen atoms in total. The maximum atomic E-state index is 2.56. The van der Waals surface area contributed by atoms with Gasteiger partial charge in [-0.25, -0.2) is 0 Å². The van der Waals surface area contributed by atoms with Gasteiger partial charge >= 0.3 is 0 Å². The summed E-state index contributed by atoms with van der Waals surface area (Å²) in [5.74, 6) is 0. The molecule has 180 valence electrons. The number of allylic oxidation sites excluding steroid dienone is 2. The molecule has 0 spiro atoms. The van der Waals surface area contributed by atoms with Crippen LogP contribution in [0.15, 0.2) is 12.2 Å². The third-order valence-corrected chi connectivity index (χ3v) is 6.45. The number of hydrogen-bond acceptors (Lipinski definition) is 1. The monoisotopic (exact) mass is 421 g/mol. The zero-order valence-electron chi connectivity index (χ0n) is 21.6. The molecular formula is C29H59N. The summed E-state index contributed by atoms with van der Waals surface area (Å²) in [4.78, 5) is 2.56. The summed E-state index contributed by atoms with van der Waals surface area (Å²) in [6.07, 6.45) is 35.9. The van der Waals surface area contributed by atoms with Crippen molar-refractivity contribution < 1.29 is 0 Å². The molecule has 0 aliphatic heterocycles. The van der Waals surface area contributed by atoms with Crippen molar-refractivity contribution in [1.29, 1.82) is 0 Å². The largest absolute Gasteiger partial charge is 0.306 e. The number of rotatable bonds is 25. The predicted molar refractivity (Wildman–Crippen MR) is 140 cm³/mol. The van der Waals surface area contributed by atoms with Gasteiger partial charge in [-0.3, -0.25) is 0 Å². The first-order valence-corrected chi connectivity index (χ1v) is 14.1. The number of unbranched alkanes of at least 4 members (excludes halogenated alkanes) is 19. The fraction of sp³-hybridized carbons (Fsp3) is 0.931. The van der Waals surface area contributed by atoms with Gasteiger partial charge < -0.3 is 4.90 Å². The highest BCUT2D eigenvalue weighted by molar-refractivity contribution is 4.81. The van der Waals surface area contributed by atoms with Crippen LogP contribution >= 0.6 is 0 Å². The molecule has 0 aromatic carbocycles. The molecule has 0 atom stereocenters. The molecule has 0 aliphatic carbocycles. The van der Waals surface area contributed by atoms with Gasteiger partial charge in [-0.05, 0) is 58.7 Å². The first-order valence-electron chi connectivity index (χ1n) is 14.1. The standard InChI is InChI=1S/C29H59N/c1-4-6-8-10-12-14-15-16-17-18-19-20-21-23-25-27-29-30(3)28-26-24-22-13-11-9-7-5-2/h16-17H,4-15,18-29H2,1-3H3/b17-16-. The lowest BCUT2D eigenvalue weighted by Gasteiger charge is -2.16. The normalized spacial score (nSPS) is 11.9. The van der Waals surface area contributed by atoms with Crippen molar-refractivity contribution in [2.24, 2.45) is 0 Å². The van der Waals surface area contributed by atoms with Crippen molar-refractivity contribution in [2.75, 3.05) is 20.1 Å². The topological polar surface area (TPSA) is 3.24 Å². The van der Waals surface area contributed by atoms with Crippen LogP contribution in [-0.4, -0.2) is 25.0 Å². The molecule has 0 radical (unpaired) electrons. The summed E-state index contributed by atoms with van der Waals surface area (Å²) in [5.41, 5.74) is 0. The molecule has 0 unspecified atom stereocenters. The van der Waals surface area contributed by atoms with Crippen molar-refractivity contribution in [3.8, 4) is 0 Å². The van der Waals surface area contributed by atoms with Gasteiger partial charge in [0.2, 0.25) is 0 Å². The van der Waals surface area contributed by atoms with Gasteiger partial charge in [0.1, 0.15) is 0 Å². The average molecular weight is 422 g/mol. The van der Waals surface area contributed by atoms with Crippen molar-refractivity contribution in [2.45, 2.75) is 155 Å². The van der Waals surface area contributed by atoms with Gasteiger partial charge in [0.15, 0.2) is 0 Å². The van der Waals surface area contributed by atoms with Crippen LogP contribution in [0.3, 0.4) is 0 Å². The van der Waals surface area contributed by atoms with E-state index in [1.54, 1.807) is 0 Å². The Kier molecular flexibility index (Phi) is 26.5. The second kappa shape index (κ2) is 26.7. The van der Waals surface area contributed by atoms with E-state index in [1.165, 1.54) is 154 Å². The summed E-state index contributed by atoms with van der Waals surface area (Å²) in [5, 5.41) is 0. The summed E-state index contributed by atoms with van der Waals surface area (Å²) in [6.45, 7) is 7.20. The summed E-state index contributed by atoms with van der Waals surface area (Å²) >= 11 is 0. The van der Waals surface area contributed by atoms with Crippen LogP contribution < -0.4 is 0 Å². The van der Waals surface area contributed by atoms with Crippen molar-refractivity contribution in [3.05, 3.63) is 12.2 Å². The van der Waals surface area contributed by atoms with Crippen LogP contribution in [0, 0.1) is 0 Å². The van der Waals surface area contributed by atoms with E-state index in [4.69, 9.17) is 0 Å². The lowest BCUT2D eigenvalue weighted by atomic mass is 10.1. The van der Waals surface area contributed by atoms with Crippen molar-refractivity contribution >= 4 is 0 Å². The molecule has 30 heavy (non-hydrogen) atoms. The van der Waals surface area contributed by atoms with Gasteiger partial charge in [0.25, 0.3) is 0 Å². The van der Waals surface area contributed by atoms with Gasteiger partial charge in [-0.1, -0.05) is 129 Å². The van der Waals surface area contributed by atoms with E-state index in [0.717, 1.165) is 0 Å². The van der Waals surface area contributed by atoms with Crippen molar-refractivity contribution in [1.82, 2.24) is 4.90 Å². The molecule has 0 amide bonds. The van der Waals surface area contributed by atoms with Gasteiger partial charge in [-0.15, -0.1) is 0 Å². The smallest absolute Gasteiger partial charge is 0.00218 e. The molecule has 0 saturated carbocycles. The van der Waals surface area contributed by atoms with Crippen molar-refractivity contribution in [3.63, 3.8) is 0 Å². The van der Waals surface area contributed by atoms with Gasteiger partial charge in [-0.2, -0.15) is 0 Å². The molecule has 0 fully saturated rings. The molecule has 0 heterocycles. The van der Waals surface area contributed by atoms with E-state index in [0.29, 0.717) is 0 Å². The van der Waals surface area contributed by atoms with Crippen LogP contribution in [-0.2, 0) is 0 Å². The zero-order valence-corrected chi connectivity index (χ0v) is 21.6. The lowest BCUT2D eigenvalue weighted by molar-refractivity contribution is 0.314. The highest BCUT2D eigenvalue weighted by atomic mass is 15.1. The Hall–Kier alpha value is -0.300. The highest BCUT2D eigenvalue weighted by Crippen LogP contribution is 2.11. The predicted octanol–water partition coefficient (Wildman–Crippen LogP) is 10.1. The maximum Gasteiger partial charge on any atom is -0.00218 e. The molecule has 0 bridgehead atoms. The molecule has 1 heteroatoms. The molecule has 0 aromatic heterocycles. The van der Waals surface area contributed by atoms with Crippen LogP contribution in [0.5, 0.6) is 0 Å². The van der Waals surface area contributed by atoms with E-state index in [2.05, 4.69) is 37.9 Å². The minimum Gasteiger partial charge on any atom is -0.306 e. The number of hydrogen-bond donors (Lipinski definition) is 0. The fourth-order valence-electron chi connectivity index (χ4n) is 4.26. The molecule has 0 saturated heterocycles. The van der Waals surface area contributed by atoms with E-state index in [9.17, 15) is 0 Å². The maximum absolute atomic E-state index is 2.56. The van der Waals surface area contributed by atoms with Gasteiger partial charge in [0, 0.05) is 0 Å². The van der Waals surface area contributed by atoms with Crippen LogP contribution in [0.1, 0.15) is 155 Å². The minimum atomic E-state index is 1.30. The molecule has 0 aromatic rings. The molecule has 0 N–H and O–H groups in total. The summed E-state index contributed by atoms with van der Waals surface area (Å²) < 4.78 is 0. The first kappa shape index (κ1) is 29.7. The Morgan fingerprint density at radius 2 is 0.700 bits per heavy atom. The van der Waals surface area contributed by atoms with Crippen LogP contribution in [0.4, 0.5) is 0 Å². The Bertz CT molecular complexity index is 322. The molecular weight excluding hydrogens is 362 g/mol. The first-order chi connectivity index (χ1) is 14.8. The van der Waals surface area contributed by atoms with Crippen LogP contribution in [0.2, 0.25) is 0 Å². The second-order valence-electron chi connectivity index (χ2n) is 9.72. The Morgan fingerprint density at radius 3 is 1.07 bits per heavy atom. The van der Waals surface area contributed by atoms with E-state index < -0.39 is 0 Å².